The van der Waals surface area contributed by atoms with E-state index in [-0.39, 0.29) is 29.9 Å². The van der Waals surface area contributed by atoms with E-state index in [9.17, 15) is 9.90 Å². The number of ether oxygens (including phenoxy) is 1. The maximum absolute atomic E-state index is 11.6. The number of carbonyl (C=O) groups is 1. The molecule has 0 radical (unpaired) electrons. The van der Waals surface area contributed by atoms with E-state index in [0.717, 1.165) is 0 Å². The smallest absolute Gasteiger partial charge is 0.409 e. The van der Waals surface area contributed by atoms with Crippen LogP contribution in [0.3, 0.4) is 0 Å². The van der Waals surface area contributed by atoms with Crippen molar-refractivity contribution in [2.75, 3.05) is 20.3 Å². The Morgan fingerprint density at radius 3 is 2.42 bits per heavy atom. The number of rotatable bonds is 3. The third-order valence-corrected chi connectivity index (χ3v) is 8.80. The molecule has 112 valence electrons. The molecule has 1 aliphatic rings. The van der Waals surface area contributed by atoms with Crippen LogP contribution in [0.5, 0.6) is 0 Å². The molecule has 1 aliphatic heterocycles. The minimum atomic E-state index is -1.85. The van der Waals surface area contributed by atoms with Crippen molar-refractivity contribution < 1.29 is 19.1 Å². The first-order chi connectivity index (χ1) is 8.62. The van der Waals surface area contributed by atoms with Crippen molar-refractivity contribution in [3.05, 3.63) is 0 Å². The quantitative estimate of drug-likeness (QED) is 0.809. The highest BCUT2D eigenvalue weighted by Gasteiger charge is 2.43. The first-order valence-electron chi connectivity index (χ1n) is 6.75. The van der Waals surface area contributed by atoms with Crippen LogP contribution < -0.4 is 0 Å². The molecule has 1 heterocycles. The fourth-order valence-electron chi connectivity index (χ4n) is 2.07. The van der Waals surface area contributed by atoms with Gasteiger partial charge in [0.1, 0.15) is 0 Å². The van der Waals surface area contributed by atoms with Gasteiger partial charge in [0, 0.05) is 6.54 Å². The molecule has 1 N–H and O–H groups in total. The number of carbonyl (C=O) groups excluding carboxylic acids is 1. The fourth-order valence-corrected chi connectivity index (χ4v) is 3.42. The molecule has 19 heavy (non-hydrogen) atoms. The fraction of sp³-hybridized carbons (Fsp3) is 0.923. The van der Waals surface area contributed by atoms with E-state index in [2.05, 4.69) is 33.9 Å². The minimum Gasteiger partial charge on any atom is -0.453 e. The van der Waals surface area contributed by atoms with Crippen LogP contribution in [0.1, 0.15) is 27.2 Å². The van der Waals surface area contributed by atoms with Crippen LogP contribution in [-0.4, -0.2) is 56.8 Å². The van der Waals surface area contributed by atoms with E-state index in [1.807, 2.05) is 0 Å². The molecule has 0 aromatic rings. The molecule has 6 heteroatoms. The van der Waals surface area contributed by atoms with E-state index in [0.29, 0.717) is 13.0 Å². The zero-order valence-electron chi connectivity index (χ0n) is 12.9. The molecular weight excluding hydrogens is 262 g/mol. The summed E-state index contributed by atoms with van der Waals surface area (Å²) in [5.74, 6) is 0. The van der Waals surface area contributed by atoms with Crippen molar-refractivity contribution in [1.29, 1.82) is 0 Å². The summed E-state index contributed by atoms with van der Waals surface area (Å²) in [6.07, 6.45) is 0.287. The Morgan fingerprint density at radius 2 is 2.00 bits per heavy atom. The SMILES string of the molecule is COC(=O)N1CC(O[Si](C)(C)C(C)(C)C)CC1CO. The van der Waals surface area contributed by atoms with Gasteiger partial charge < -0.3 is 19.2 Å². The number of aliphatic hydroxyl groups excluding tert-OH is 1. The molecule has 0 saturated carbocycles. The second-order valence-electron chi connectivity index (χ2n) is 6.69. The summed E-state index contributed by atoms with van der Waals surface area (Å²) >= 11 is 0. The number of nitrogens with zero attached hydrogens (tertiary/aromatic N) is 1. The lowest BCUT2D eigenvalue weighted by Crippen LogP contribution is -2.44. The Labute approximate surface area is 117 Å². The predicted octanol–water partition coefficient (Wildman–Crippen LogP) is 2.21. The molecule has 0 aromatic carbocycles. The number of hydrogen-bond donors (Lipinski definition) is 1. The lowest BCUT2D eigenvalue weighted by atomic mass is 10.2. The van der Waals surface area contributed by atoms with E-state index < -0.39 is 8.32 Å². The Hall–Kier alpha value is -0.593. The van der Waals surface area contributed by atoms with Crippen LogP contribution in [0.4, 0.5) is 4.79 Å². The normalized spacial score (nSPS) is 24.7. The molecule has 5 nitrogen and oxygen atoms in total. The number of hydrogen-bond acceptors (Lipinski definition) is 4. The number of amides is 1. The summed E-state index contributed by atoms with van der Waals surface area (Å²) < 4.78 is 11.0. The Kier molecular flexibility index (Phi) is 5.03. The molecule has 1 rings (SSSR count). The van der Waals surface area contributed by atoms with Crippen molar-refractivity contribution in [3.63, 3.8) is 0 Å². The van der Waals surface area contributed by atoms with Crippen LogP contribution in [0.2, 0.25) is 18.1 Å². The highest BCUT2D eigenvalue weighted by atomic mass is 28.4. The van der Waals surface area contributed by atoms with Crippen molar-refractivity contribution in [3.8, 4) is 0 Å². The summed E-state index contributed by atoms with van der Waals surface area (Å²) in [6, 6.07) is -0.192. The molecule has 2 atom stereocenters. The number of likely N-dealkylation sites (tertiary alicyclic amines) is 1. The van der Waals surface area contributed by atoms with E-state index in [1.165, 1.54) is 7.11 Å². The van der Waals surface area contributed by atoms with E-state index in [1.54, 1.807) is 4.90 Å². The molecule has 1 fully saturated rings. The Bertz CT molecular complexity index is 327. The number of aliphatic hydroxyl groups is 1. The van der Waals surface area contributed by atoms with Crippen LogP contribution in [0, 0.1) is 0 Å². The van der Waals surface area contributed by atoms with Gasteiger partial charge in [-0.1, -0.05) is 20.8 Å². The Balaban J connectivity index is 2.71. The molecule has 0 spiro atoms. The van der Waals surface area contributed by atoms with Crippen molar-refractivity contribution in [2.45, 2.75) is 57.5 Å². The molecule has 2 unspecified atom stereocenters. The maximum Gasteiger partial charge on any atom is 0.409 e. The summed E-state index contributed by atoms with van der Waals surface area (Å²) in [5.41, 5.74) is 0. The summed E-state index contributed by atoms with van der Waals surface area (Å²) in [5, 5.41) is 9.50. The van der Waals surface area contributed by atoms with Crippen LogP contribution in [-0.2, 0) is 9.16 Å². The molecular formula is C13H27NO4Si. The van der Waals surface area contributed by atoms with E-state index >= 15 is 0 Å². The summed E-state index contributed by atoms with van der Waals surface area (Å²) in [4.78, 5) is 13.2. The molecule has 0 aromatic heterocycles. The predicted molar refractivity (Wildman–Crippen MR) is 76.7 cm³/mol. The first kappa shape index (κ1) is 16.5. The summed E-state index contributed by atoms with van der Waals surface area (Å²) in [6.45, 7) is 11.4. The topological polar surface area (TPSA) is 59.0 Å². The van der Waals surface area contributed by atoms with Gasteiger partial charge in [-0.15, -0.1) is 0 Å². The van der Waals surface area contributed by atoms with Crippen LogP contribution in [0.15, 0.2) is 0 Å². The van der Waals surface area contributed by atoms with Gasteiger partial charge in [0.15, 0.2) is 8.32 Å². The van der Waals surface area contributed by atoms with Gasteiger partial charge in [-0.25, -0.2) is 4.79 Å². The maximum atomic E-state index is 11.6. The minimum absolute atomic E-state index is 0.00265. The van der Waals surface area contributed by atoms with Crippen molar-refractivity contribution in [1.82, 2.24) is 4.90 Å². The molecule has 1 saturated heterocycles. The van der Waals surface area contributed by atoms with Crippen molar-refractivity contribution >= 4 is 14.4 Å². The van der Waals surface area contributed by atoms with E-state index in [4.69, 9.17) is 9.16 Å². The lowest BCUT2D eigenvalue weighted by molar-refractivity contribution is 0.0992. The standard InChI is InChI=1S/C13H27NO4Si/c1-13(2,3)19(5,6)18-11-7-10(9-15)14(8-11)12(16)17-4/h10-11,15H,7-9H2,1-6H3. The van der Waals surface area contributed by atoms with Gasteiger partial charge in [0.2, 0.25) is 0 Å². The Morgan fingerprint density at radius 1 is 1.42 bits per heavy atom. The monoisotopic (exact) mass is 289 g/mol. The lowest BCUT2D eigenvalue weighted by Gasteiger charge is -2.38. The third-order valence-electron chi connectivity index (χ3n) is 4.26. The largest absolute Gasteiger partial charge is 0.453 e. The second-order valence-corrected chi connectivity index (χ2v) is 11.5. The summed E-state index contributed by atoms with van der Waals surface area (Å²) in [7, 11) is -0.487. The molecule has 0 bridgehead atoms. The average molecular weight is 289 g/mol. The van der Waals surface area contributed by atoms with Crippen LogP contribution >= 0.6 is 0 Å². The molecule has 1 amide bonds. The number of methoxy groups -OCH3 is 1. The first-order valence-corrected chi connectivity index (χ1v) is 9.66. The van der Waals surface area contributed by atoms with Gasteiger partial charge in [-0.2, -0.15) is 0 Å². The highest BCUT2D eigenvalue weighted by Crippen LogP contribution is 2.38. The van der Waals surface area contributed by atoms with Gasteiger partial charge in [-0.3, -0.25) is 0 Å². The second kappa shape index (κ2) is 5.81. The third kappa shape index (κ3) is 3.70. The zero-order valence-corrected chi connectivity index (χ0v) is 13.9. The van der Waals surface area contributed by atoms with Gasteiger partial charge in [-0.05, 0) is 24.6 Å². The van der Waals surface area contributed by atoms with Gasteiger partial charge in [0.05, 0.1) is 25.9 Å². The highest BCUT2D eigenvalue weighted by molar-refractivity contribution is 6.74. The van der Waals surface area contributed by atoms with Crippen LogP contribution in [0.25, 0.3) is 0 Å². The van der Waals surface area contributed by atoms with Gasteiger partial charge >= 0.3 is 6.09 Å². The average Bonchev–Trinajstić information content (AvgIpc) is 2.68. The zero-order chi connectivity index (χ0) is 14.8. The molecule has 0 aliphatic carbocycles. The van der Waals surface area contributed by atoms with Crippen molar-refractivity contribution in [2.24, 2.45) is 0 Å². The van der Waals surface area contributed by atoms with Gasteiger partial charge in [0.25, 0.3) is 0 Å².